The first-order valence-corrected chi connectivity index (χ1v) is 18.5. The van der Waals surface area contributed by atoms with E-state index in [1.807, 2.05) is 0 Å². The van der Waals surface area contributed by atoms with Crippen LogP contribution >= 0.6 is 69.6 Å². The zero-order valence-corrected chi connectivity index (χ0v) is 34.9. The average molecular weight is 877 g/mol. The van der Waals surface area contributed by atoms with Crippen LogP contribution in [0.5, 0.6) is 0 Å². The monoisotopic (exact) mass is 874 g/mol. The van der Waals surface area contributed by atoms with Crippen LogP contribution < -0.4 is 10.6 Å². The number of hydrogen-bond donors (Lipinski definition) is 3. The van der Waals surface area contributed by atoms with Gasteiger partial charge in [0.1, 0.15) is 11.5 Å². The number of aromatic nitrogens is 4. The van der Waals surface area contributed by atoms with Gasteiger partial charge in [0, 0.05) is 68.1 Å². The quantitative estimate of drug-likeness (QED) is 0.104. The molecule has 2 aromatic carbocycles. The fourth-order valence-corrected chi connectivity index (χ4v) is 5.45. The summed E-state index contributed by atoms with van der Waals surface area (Å²) in [5.74, 6) is -0.502. The number of nitrogens with one attached hydrogen (secondary N) is 2. The van der Waals surface area contributed by atoms with Crippen LogP contribution in [-0.2, 0) is 14.3 Å². The standard InChI is InChI=1S/C17H16Cl2N4O3.C14H11Cl2N3O2.C3H6ClNO.CH3Cl/c1-9-15(26-17(25)22(2)3)14(16(24)21-9)12-6-11(4-5-13(12)19)23-8-10(18)7-20-23;1-7-13(20)12(14(21)18-7)10-4-9(2-3-11(10)16)19-6-8(15)5-17-19;1-5(2)3(4)6;1-2/h4-9H,1-3H3,(H,21,24);2-7,20H,1H3,(H,18,21);1-2H3;1H3. The van der Waals surface area contributed by atoms with Crippen LogP contribution in [0.15, 0.2) is 72.7 Å². The van der Waals surface area contributed by atoms with Crippen molar-refractivity contribution in [3.63, 3.8) is 0 Å². The lowest BCUT2D eigenvalue weighted by molar-refractivity contribution is -0.116. The molecule has 0 saturated carbocycles. The van der Waals surface area contributed by atoms with Gasteiger partial charge in [-0.2, -0.15) is 10.2 Å². The van der Waals surface area contributed by atoms with Gasteiger partial charge in [-0.15, -0.1) is 11.6 Å². The molecule has 55 heavy (non-hydrogen) atoms. The molecule has 4 amide bonds. The third-order valence-corrected chi connectivity index (χ3v) is 8.83. The van der Waals surface area contributed by atoms with E-state index in [2.05, 4.69) is 32.4 Å². The van der Waals surface area contributed by atoms with Crippen molar-refractivity contribution in [2.45, 2.75) is 25.9 Å². The van der Waals surface area contributed by atoms with Crippen molar-refractivity contribution in [1.29, 1.82) is 0 Å². The molecule has 0 radical (unpaired) electrons. The molecule has 2 aromatic heterocycles. The molecule has 14 nitrogen and oxygen atoms in total. The second kappa shape index (κ2) is 19.9. The Labute approximate surface area is 347 Å². The Hall–Kier alpha value is -4.44. The van der Waals surface area contributed by atoms with E-state index in [1.165, 1.54) is 28.6 Å². The fourth-order valence-electron chi connectivity index (χ4n) is 4.75. The van der Waals surface area contributed by atoms with E-state index in [0.29, 0.717) is 42.6 Å². The molecule has 20 heteroatoms. The van der Waals surface area contributed by atoms with Crippen LogP contribution in [0.1, 0.15) is 25.0 Å². The topological polar surface area (TPSA) is 164 Å². The third kappa shape index (κ3) is 11.3. The minimum atomic E-state index is -0.577. The Morgan fingerprint density at radius 1 is 0.745 bits per heavy atom. The number of aliphatic hydroxyl groups is 1. The van der Waals surface area contributed by atoms with Gasteiger partial charge in [0.25, 0.3) is 11.8 Å². The third-order valence-electron chi connectivity index (χ3n) is 7.44. The Morgan fingerprint density at radius 3 is 1.53 bits per heavy atom. The molecular weight excluding hydrogens is 841 g/mol. The SMILES string of the molecule is CC1NC(=O)C(c2cc(-n3cc(Cl)cn3)ccc2Cl)=C1O.CC1NC(=O)C(c2cc(-n3cc(Cl)cn3)ccc2Cl)=C1OC(=O)N(C)C.CCl.CN(C)C(=O)Cl. The number of nitrogens with zero attached hydrogens (tertiary/aromatic N) is 6. The molecule has 6 rings (SSSR count). The average Bonchev–Trinajstić information content (AvgIpc) is 3.89. The summed E-state index contributed by atoms with van der Waals surface area (Å²) in [7, 11) is 6.31. The normalized spacial score (nSPS) is 15.8. The second-order valence-corrected chi connectivity index (χ2v) is 13.8. The number of benzene rings is 2. The maximum atomic E-state index is 12.5. The molecule has 2 aliphatic rings. The maximum absolute atomic E-state index is 12.5. The lowest BCUT2D eigenvalue weighted by Gasteiger charge is -2.15. The molecule has 4 heterocycles. The summed E-state index contributed by atoms with van der Waals surface area (Å²) in [6, 6.07) is 9.30. The number of aliphatic hydroxyl groups excluding tert-OH is 1. The highest BCUT2D eigenvalue weighted by Gasteiger charge is 2.35. The fraction of sp³-hybridized carbons (Fsp3) is 0.257. The van der Waals surface area contributed by atoms with E-state index < -0.39 is 23.5 Å². The van der Waals surface area contributed by atoms with Crippen molar-refractivity contribution < 1.29 is 29.0 Å². The molecule has 0 aliphatic carbocycles. The summed E-state index contributed by atoms with van der Waals surface area (Å²) < 4.78 is 8.53. The Kier molecular flexibility index (Phi) is 16.3. The van der Waals surface area contributed by atoms with Crippen molar-refractivity contribution in [3.05, 3.63) is 104 Å². The van der Waals surface area contributed by atoms with Gasteiger partial charge in [-0.25, -0.2) is 14.2 Å². The smallest absolute Gasteiger partial charge is 0.414 e. The molecule has 0 saturated heterocycles. The first kappa shape index (κ1) is 45.0. The van der Waals surface area contributed by atoms with E-state index in [9.17, 15) is 24.3 Å². The maximum Gasteiger partial charge on any atom is 0.414 e. The van der Waals surface area contributed by atoms with Crippen molar-refractivity contribution >= 4 is 104 Å². The molecule has 4 aromatic rings. The number of ether oxygens (including phenoxy) is 1. The van der Waals surface area contributed by atoms with E-state index in [-0.39, 0.29) is 34.5 Å². The van der Waals surface area contributed by atoms with Gasteiger partial charge in [0.05, 0.1) is 57.0 Å². The Bertz CT molecular complexity index is 2130. The van der Waals surface area contributed by atoms with Crippen molar-refractivity contribution in [1.82, 2.24) is 40.0 Å². The lowest BCUT2D eigenvalue weighted by Crippen LogP contribution is -2.29. The number of carbonyl (C=O) groups is 4. The predicted molar refractivity (Wildman–Crippen MR) is 216 cm³/mol. The molecule has 3 N–H and O–H groups in total. The summed E-state index contributed by atoms with van der Waals surface area (Å²) in [6.07, 6.45) is 7.18. The predicted octanol–water partition coefficient (Wildman–Crippen LogP) is 7.84. The van der Waals surface area contributed by atoms with Crippen LogP contribution in [0.2, 0.25) is 20.1 Å². The summed E-state index contributed by atoms with van der Waals surface area (Å²) in [4.78, 5) is 48.8. The molecule has 0 spiro atoms. The van der Waals surface area contributed by atoms with Crippen LogP contribution in [0.3, 0.4) is 0 Å². The zero-order chi connectivity index (χ0) is 41.3. The summed E-state index contributed by atoms with van der Waals surface area (Å²) >= 11 is 33.8. The molecule has 2 aliphatic heterocycles. The van der Waals surface area contributed by atoms with E-state index >= 15 is 0 Å². The van der Waals surface area contributed by atoms with Gasteiger partial charge in [0.15, 0.2) is 0 Å². The van der Waals surface area contributed by atoms with Crippen LogP contribution in [0, 0.1) is 0 Å². The molecule has 2 atom stereocenters. The van der Waals surface area contributed by atoms with E-state index in [1.54, 1.807) is 100 Å². The van der Waals surface area contributed by atoms with Crippen molar-refractivity contribution in [2.24, 2.45) is 0 Å². The first-order chi connectivity index (χ1) is 25.9. The summed E-state index contributed by atoms with van der Waals surface area (Å²) in [6.45, 7) is 3.43. The Balaban J connectivity index is 0.000000251. The highest BCUT2D eigenvalue weighted by atomic mass is 35.5. The highest BCUT2D eigenvalue weighted by Crippen LogP contribution is 2.35. The number of hydrogen-bond acceptors (Lipinski definition) is 8. The van der Waals surface area contributed by atoms with E-state index in [4.69, 9.17) is 62.7 Å². The van der Waals surface area contributed by atoms with Gasteiger partial charge in [-0.1, -0.05) is 46.4 Å². The number of carbonyl (C=O) groups excluding carboxylic acids is 4. The van der Waals surface area contributed by atoms with Crippen LogP contribution in [0.25, 0.3) is 22.5 Å². The molecule has 294 valence electrons. The summed E-state index contributed by atoms with van der Waals surface area (Å²) in [5.41, 5.74) is 2.66. The number of rotatable bonds is 5. The first-order valence-electron chi connectivity index (χ1n) is 15.8. The molecule has 2 unspecified atom stereocenters. The summed E-state index contributed by atoms with van der Waals surface area (Å²) in [5, 5.41) is 25.0. The zero-order valence-electron chi connectivity index (χ0n) is 30.4. The minimum Gasteiger partial charge on any atom is -0.509 e. The van der Waals surface area contributed by atoms with Crippen molar-refractivity contribution in [3.8, 4) is 11.4 Å². The van der Waals surface area contributed by atoms with Crippen molar-refractivity contribution in [2.75, 3.05) is 34.6 Å². The van der Waals surface area contributed by atoms with E-state index in [0.717, 1.165) is 0 Å². The van der Waals surface area contributed by atoms with Gasteiger partial charge in [-0.3, -0.25) is 14.4 Å². The number of amides is 4. The largest absolute Gasteiger partial charge is 0.509 e. The number of alkyl halides is 1. The van der Waals surface area contributed by atoms with Crippen LogP contribution in [0.4, 0.5) is 9.59 Å². The van der Waals surface area contributed by atoms with Crippen LogP contribution in [-0.4, -0.2) is 104 Å². The second-order valence-electron chi connectivity index (χ2n) is 11.8. The molecule has 0 fully saturated rings. The van der Waals surface area contributed by atoms with Gasteiger partial charge >= 0.3 is 11.5 Å². The minimum absolute atomic E-state index is 0.0162. The number of halogens is 6. The molecule has 0 bridgehead atoms. The highest BCUT2D eigenvalue weighted by molar-refractivity contribution is 6.62. The van der Waals surface area contributed by atoms with Gasteiger partial charge in [0.2, 0.25) is 0 Å². The van der Waals surface area contributed by atoms with Gasteiger partial charge < -0.3 is 30.3 Å². The Morgan fingerprint density at radius 2 is 1.16 bits per heavy atom. The van der Waals surface area contributed by atoms with Gasteiger partial charge in [-0.05, 0) is 61.8 Å². The lowest BCUT2D eigenvalue weighted by atomic mass is 10.0. The molecular formula is C35H36Cl6N8O6.